The lowest BCUT2D eigenvalue weighted by Crippen LogP contribution is -2.60. The van der Waals surface area contributed by atoms with Crippen LogP contribution in [0.2, 0.25) is 0 Å². The van der Waals surface area contributed by atoms with Crippen LogP contribution >= 0.6 is 11.8 Å². The number of hydrogen-bond donors (Lipinski definition) is 11. The van der Waals surface area contributed by atoms with Gasteiger partial charge in [0.15, 0.2) is 0 Å². The normalized spacial score (nSPS) is 22.4. The third kappa shape index (κ3) is 20.4. The summed E-state index contributed by atoms with van der Waals surface area (Å²) in [5.74, 6) is -8.12. The fraction of sp³-hybridized carbons (Fsp3) is 0.780. The number of hydrogen-bond acceptors (Lipinski definition) is 17. The smallest absolute Gasteiger partial charge is 0.326 e. The first-order chi connectivity index (χ1) is 42.2. The zero-order valence-corrected chi connectivity index (χ0v) is 53.6. The third-order valence-electron chi connectivity index (χ3n) is 17.0. The quantitative estimate of drug-likeness (QED) is 0.0307. The Labute approximate surface area is 525 Å². The highest BCUT2D eigenvalue weighted by Gasteiger charge is 2.49. The highest BCUT2D eigenvalue weighted by atomic mass is 32.2. The Kier molecular flexibility index (Phi) is 28.8. The minimum Gasteiger partial charge on any atom is -0.480 e. The molecule has 30 heteroatoms. The van der Waals surface area contributed by atoms with Crippen LogP contribution in [0.25, 0.3) is 0 Å². The van der Waals surface area contributed by atoms with Gasteiger partial charge in [-0.1, -0.05) is 27.7 Å². The number of nitrogens with two attached hydrogens (primary N) is 2. The highest BCUT2D eigenvalue weighted by Crippen LogP contribution is 2.31. The molecule has 5 aliphatic heterocycles. The van der Waals surface area contributed by atoms with Crippen molar-refractivity contribution in [3.05, 3.63) is 0 Å². The number of aliphatic carboxylic acids is 1. The fourth-order valence-corrected chi connectivity index (χ4v) is 12.8. The third-order valence-corrected chi connectivity index (χ3v) is 17.6. The van der Waals surface area contributed by atoms with Gasteiger partial charge in [-0.25, -0.2) is 4.79 Å². The number of aliphatic hydroxyl groups excluding tert-OH is 1. The molecule has 0 aromatic carbocycles. The second kappa shape index (κ2) is 35.1. The van der Waals surface area contributed by atoms with Gasteiger partial charge in [0, 0.05) is 32.7 Å². The number of nitrogens with one attached hydrogen (secondary N) is 7. The molecule has 5 rings (SSSR count). The van der Waals surface area contributed by atoms with Crippen molar-refractivity contribution in [3.8, 4) is 0 Å². The van der Waals surface area contributed by atoms with Crippen LogP contribution in [-0.4, -0.2) is 248 Å². The molecule has 5 heterocycles. The van der Waals surface area contributed by atoms with Gasteiger partial charge in [0.25, 0.3) is 0 Å². The standard InChI is InChI=1S/C59H98N14O15S/c1-33(2)29-39(50(78)63-31-46(75)62-32-47(76)64-38(59(87)88)15-8-9-22-60)66-51(79)41-16-10-23-69(41)56(84)43-18-13-26-72(43)55(83)40(30-34(3)4)67-52(80)42-17-11-24-70(42)57(85)45-20-14-27-73(45)58(86)44-19-12-25-71(44)54(82)37(21-28-89-7)65-53(81)48(36(6)74)68-49(77)35(5)61/h33-45,48,74H,8-32,60-61H2,1-7H3,(H,62,75)(H,63,78)(H,64,76)(H,65,81)(H,66,79)(H,67,80)(H,68,77)(H,87,88)/t35-,36+,37-,38-,39-,40-,41-,42-,43-,44-,45-,48-/m0/s1. The van der Waals surface area contributed by atoms with Crippen molar-refractivity contribution in [1.82, 2.24) is 61.7 Å². The van der Waals surface area contributed by atoms with E-state index in [2.05, 4.69) is 37.2 Å². The van der Waals surface area contributed by atoms with Gasteiger partial charge in [-0.3, -0.25) is 57.5 Å². The molecule has 5 aliphatic rings. The van der Waals surface area contributed by atoms with E-state index in [4.69, 9.17) is 11.5 Å². The molecule has 0 aromatic heterocycles. The van der Waals surface area contributed by atoms with E-state index in [0.29, 0.717) is 76.5 Å². The zero-order valence-electron chi connectivity index (χ0n) is 52.8. The number of nitrogens with zero attached hydrogens (tertiary/aromatic N) is 5. The molecule has 0 saturated carbocycles. The summed E-state index contributed by atoms with van der Waals surface area (Å²) in [5.41, 5.74) is 11.2. The zero-order chi connectivity index (χ0) is 65.8. The van der Waals surface area contributed by atoms with Gasteiger partial charge in [0.1, 0.15) is 60.4 Å². The molecule has 500 valence electrons. The number of likely N-dealkylation sites (tertiary alicyclic amines) is 5. The minimum absolute atomic E-state index is 0.101. The largest absolute Gasteiger partial charge is 0.480 e. The first kappa shape index (κ1) is 73.1. The minimum atomic E-state index is -1.41. The van der Waals surface area contributed by atoms with E-state index in [1.807, 2.05) is 34.0 Å². The molecule has 0 bridgehead atoms. The molecule has 29 nitrogen and oxygen atoms in total. The average Bonchev–Trinajstić information content (AvgIpc) is 1.82. The maximum Gasteiger partial charge on any atom is 0.326 e. The van der Waals surface area contributed by atoms with Crippen LogP contribution in [0.5, 0.6) is 0 Å². The molecule has 0 aliphatic carbocycles. The van der Waals surface area contributed by atoms with E-state index in [1.54, 1.807) is 0 Å². The summed E-state index contributed by atoms with van der Waals surface area (Å²) in [6.45, 7) is 10.5. The maximum atomic E-state index is 14.7. The Bertz CT molecular complexity index is 2540. The molecule has 12 atom stereocenters. The Hall–Kier alpha value is -6.66. The first-order valence-corrected chi connectivity index (χ1v) is 33.0. The molecule has 0 unspecified atom stereocenters. The second-order valence-corrected chi connectivity index (χ2v) is 25.9. The molecule has 0 aromatic rings. The molecule has 5 fully saturated rings. The molecular weight excluding hydrogens is 1180 g/mol. The topological polar surface area (TPSA) is 415 Å². The monoisotopic (exact) mass is 1270 g/mol. The number of unbranched alkanes of at least 4 members (excludes halogenated alkanes) is 1. The number of carboxylic acids is 1. The Morgan fingerprint density at radius 3 is 1.39 bits per heavy atom. The average molecular weight is 1280 g/mol. The van der Waals surface area contributed by atoms with Gasteiger partial charge in [-0.2, -0.15) is 11.8 Å². The summed E-state index contributed by atoms with van der Waals surface area (Å²) in [5, 5.41) is 37.9. The molecule has 0 radical (unpaired) electrons. The molecule has 5 saturated heterocycles. The lowest BCUT2D eigenvalue weighted by atomic mass is 10.0. The highest BCUT2D eigenvalue weighted by molar-refractivity contribution is 7.98. The fourth-order valence-electron chi connectivity index (χ4n) is 12.3. The summed E-state index contributed by atoms with van der Waals surface area (Å²) in [7, 11) is 0. The Morgan fingerprint density at radius 1 is 0.494 bits per heavy atom. The number of amides is 12. The van der Waals surface area contributed by atoms with Crippen molar-refractivity contribution in [2.45, 2.75) is 217 Å². The van der Waals surface area contributed by atoms with Crippen molar-refractivity contribution in [1.29, 1.82) is 0 Å². The number of carbonyl (C=O) groups is 13. The van der Waals surface area contributed by atoms with Crippen LogP contribution in [0, 0.1) is 11.8 Å². The van der Waals surface area contributed by atoms with Crippen molar-refractivity contribution >= 4 is 88.6 Å². The van der Waals surface area contributed by atoms with Gasteiger partial charge in [-0.05, 0) is 147 Å². The predicted octanol–water partition coefficient (Wildman–Crippen LogP) is -2.62. The van der Waals surface area contributed by atoms with Gasteiger partial charge in [-0.15, -0.1) is 0 Å². The van der Waals surface area contributed by atoms with Crippen molar-refractivity contribution < 1.29 is 72.5 Å². The lowest BCUT2D eigenvalue weighted by molar-refractivity contribution is -0.151. The van der Waals surface area contributed by atoms with E-state index >= 15 is 0 Å². The number of carboxylic acid groups (broad SMARTS) is 1. The van der Waals surface area contributed by atoms with Crippen molar-refractivity contribution in [2.24, 2.45) is 23.3 Å². The molecule has 0 spiro atoms. The van der Waals surface area contributed by atoms with Gasteiger partial charge in [0.2, 0.25) is 70.9 Å². The maximum absolute atomic E-state index is 14.7. The van der Waals surface area contributed by atoms with Gasteiger partial charge < -0.3 is 83.4 Å². The molecule has 89 heavy (non-hydrogen) atoms. The van der Waals surface area contributed by atoms with Crippen LogP contribution < -0.4 is 48.7 Å². The summed E-state index contributed by atoms with van der Waals surface area (Å²) < 4.78 is 0. The van der Waals surface area contributed by atoms with E-state index in [1.165, 1.54) is 50.1 Å². The Balaban J connectivity index is 1.20. The lowest BCUT2D eigenvalue weighted by Gasteiger charge is -2.36. The summed E-state index contributed by atoms with van der Waals surface area (Å²) in [6.07, 6.45) is 6.07. The number of carbonyl (C=O) groups excluding carboxylic acids is 12. The van der Waals surface area contributed by atoms with Crippen molar-refractivity contribution in [2.75, 3.05) is 64.4 Å². The van der Waals surface area contributed by atoms with Gasteiger partial charge in [0.05, 0.1) is 25.2 Å². The van der Waals surface area contributed by atoms with E-state index in [-0.39, 0.29) is 83.1 Å². The van der Waals surface area contributed by atoms with Gasteiger partial charge >= 0.3 is 5.97 Å². The van der Waals surface area contributed by atoms with E-state index < -0.39 is 163 Å². The van der Waals surface area contributed by atoms with Crippen LogP contribution in [0.1, 0.15) is 144 Å². The first-order valence-electron chi connectivity index (χ1n) is 31.6. The van der Waals surface area contributed by atoms with Crippen LogP contribution in [0.3, 0.4) is 0 Å². The summed E-state index contributed by atoms with van der Waals surface area (Å²) >= 11 is 1.44. The van der Waals surface area contributed by atoms with E-state index in [9.17, 15) is 72.5 Å². The van der Waals surface area contributed by atoms with Crippen LogP contribution in [0.15, 0.2) is 0 Å². The predicted molar refractivity (Wildman–Crippen MR) is 327 cm³/mol. The van der Waals surface area contributed by atoms with Crippen molar-refractivity contribution in [3.63, 3.8) is 0 Å². The number of rotatable bonds is 32. The summed E-state index contributed by atoms with van der Waals surface area (Å²) in [4.78, 5) is 185. The van der Waals surface area contributed by atoms with Crippen LogP contribution in [-0.2, 0) is 62.3 Å². The number of aliphatic hydroxyl groups is 1. The Morgan fingerprint density at radius 2 is 0.933 bits per heavy atom. The summed E-state index contributed by atoms with van der Waals surface area (Å²) in [6, 6.07) is -11.7. The SMILES string of the molecule is CSCC[C@H](NC(=O)[C@@H](NC(=O)[C@H](C)N)[C@@H](C)O)C(=O)N1CCC[C@H]1C(=O)N1CCC[C@H]1C(=O)N1CCC[C@H]1C(=O)N[C@@H](CC(C)C)C(=O)N1CCC[C@H]1C(=O)N1CCC[C@H]1C(=O)N[C@@H](CC(C)C)C(=O)NCC(=O)NCC(=O)N[C@@H](CCCCN)C(=O)O. The molecule has 13 N–H and O–H groups in total. The molecule has 12 amide bonds. The van der Waals surface area contributed by atoms with Crippen LogP contribution in [0.4, 0.5) is 0 Å². The molecular formula is C59H98N14O15S. The number of thioether (sulfide) groups is 1. The van der Waals surface area contributed by atoms with E-state index in [0.717, 1.165) is 0 Å². The second-order valence-electron chi connectivity index (χ2n) is 24.9.